The lowest BCUT2D eigenvalue weighted by Crippen LogP contribution is -2.15. The normalized spacial score (nSPS) is 11.0. The number of nitrogens with one attached hydrogen (secondary N) is 2. The van der Waals surface area contributed by atoms with Gasteiger partial charge in [-0.25, -0.2) is 12.8 Å². The van der Waals surface area contributed by atoms with Crippen molar-refractivity contribution in [1.29, 1.82) is 0 Å². The Morgan fingerprint density at radius 2 is 1.41 bits per heavy atom. The summed E-state index contributed by atoms with van der Waals surface area (Å²) in [6.07, 6.45) is 0. The number of hydrogen-bond acceptors (Lipinski definition) is 4. The van der Waals surface area contributed by atoms with Gasteiger partial charge in [0.2, 0.25) is 0 Å². The van der Waals surface area contributed by atoms with Gasteiger partial charge in [0.25, 0.3) is 5.91 Å². The molecule has 5 nitrogen and oxygen atoms in total. The van der Waals surface area contributed by atoms with Crippen LogP contribution in [0.3, 0.4) is 0 Å². The van der Waals surface area contributed by atoms with E-state index in [1.807, 2.05) is 0 Å². The monoisotopic (exact) mass is 384 g/mol. The summed E-state index contributed by atoms with van der Waals surface area (Å²) in [6.45, 7) is 0. The average molecular weight is 384 g/mol. The molecule has 0 spiro atoms. The van der Waals surface area contributed by atoms with Crippen LogP contribution in [0.1, 0.15) is 10.4 Å². The van der Waals surface area contributed by atoms with Crippen molar-refractivity contribution in [2.24, 2.45) is 0 Å². The predicted octanol–water partition coefficient (Wildman–Crippen LogP) is 3.92. The number of sulfone groups is 1. The fourth-order valence-electron chi connectivity index (χ4n) is 2.37. The molecule has 0 radical (unpaired) electrons. The molecule has 0 fully saturated rings. The Balaban J connectivity index is 1.61. The third-order valence-corrected chi connectivity index (χ3v) is 5.33. The van der Waals surface area contributed by atoms with Crippen molar-refractivity contribution in [2.75, 3.05) is 16.5 Å². The first-order valence-corrected chi connectivity index (χ1v) is 9.78. The zero-order valence-corrected chi connectivity index (χ0v) is 15.0. The maximum absolute atomic E-state index is 12.9. The minimum atomic E-state index is -3.45. The average Bonchev–Trinajstić information content (AvgIpc) is 2.69. The molecule has 1 amide bonds. The smallest absolute Gasteiger partial charge is 0.255 e. The van der Waals surface area contributed by atoms with Gasteiger partial charge in [-0.05, 0) is 60.7 Å². The quantitative estimate of drug-likeness (QED) is 0.675. The Kier molecular flexibility index (Phi) is 5.52. The van der Waals surface area contributed by atoms with E-state index in [1.54, 1.807) is 54.6 Å². The Labute approximate surface area is 156 Å². The van der Waals surface area contributed by atoms with E-state index in [4.69, 9.17) is 0 Å². The number of carbonyl (C=O) groups is 1. The number of anilines is 2. The van der Waals surface area contributed by atoms with Gasteiger partial charge in [-0.2, -0.15) is 0 Å². The van der Waals surface area contributed by atoms with Crippen LogP contribution in [0.5, 0.6) is 0 Å². The summed E-state index contributed by atoms with van der Waals surface area (Å²) < 4.78 is 37.4. The predicted molar refractivity (Wildman–Crippen MR) is 103 cm³/mol. The van der Waals surface area contributed by atoms with Gasteiger partial charge in [0.1, 0.15) is 11.7 Å². The van der Waals surface area contributed by atoms with Crippen LogP contribution in [-0.2, 0) is 9.84 Å². The van der Waals surface area contributed by atoms with Crippen LogP contribution in [0.2, 0.25) is 0 Å². The third-order valence-electron chi connectivity index (χ3n) is 3.82. The van der Waals surface area contributed by atoms with Crippen LogP contribution < -0.4 is 10.6 Å². The van der Waals surface area contributed by atoms with Crippen molar-refractivity contribution in [3.63, 3.8) is 0 Å². The van der Waals surface area contributed by atoms with Gasteiger partial charge in [0.05, 0.1) is 4.90 Å². The minimum Gasteiger partial charge on any atom is -0.371 e. The van der Waals surface area contributed by atoms with E-state index in [-0.39, 0.29) is 22.5 Å². The molecule has 0 aliphatic carbocycles. The van der Waals surface area contributed by atoms with E-state index in [1.165, 1.54) is 24.3 Å². The number of halogens is 1. The van der Waals surface area contributed by atoms with Crippen LogP contribution >= 0.6 is 0 Å². The van der Waals surface area contributed by atoms with Crippen molar-refractivity contribution >= 4 is 27.1 Å². The highest BCUT2D eigenvalue weighted by atomic mass is 32.2. The highest BCUT2D eigenvalue weighted by Crippen LogP contribution is 2.15. The summed E-state index contributed by atoms with van der Waals surface area (Å²) in [7, 11) is -3.45. The molecule has 0 aliphatic heterocycles. The first kappa shape index (κ1) is 18.6. The van der Waals surface area contributed by atoms with Gasteiger partial charge in [0.15, 0.2) is 9.84 Å². The van der Waals surface area contributed by atoms with Gasteiger partial charge in [-0.3, -0.25) is 4.79 Å². The van der Waals surface area contributed by atoms with Crippen molar-refractivity contribution in [1.82, 2.24) is 0 Å². The molecule has 0 atom stereocenters. The molecule has 0 aliphatic rings. The molecule has 0 saturated heterocycles. The fourth-order valence-corrected chi connectivity index (χ4v) is 3.46. The van der Waals surface area contributed by atoms with E-state index in [0.29, 0.717) is 16.9 Å². The number of benzene rings is 3. The van der Waals surface area contributed by atoms with Crippen LogP contribution in [0.4, 0.5) is 15.8 Å². The topological polar surface area (TPSA) is 75.3 Å². The minimum absolute atomic E-state index is 0.243. The summed E-state index contributed by atoms with van der Waals surface area (Å²) in [6, 6.07) is 20.0. The third kappa shape index (κ3) is 4.92. The zero-order chi connectivity index (χ0) is 19.3. The molecule has 138 valence electrons. The molecule has 0 aromatic heterocycles. The Morgan fingerprint density at radius 3 is 2.04 bits per heavy atom. The molecular weight excluding hydrogens is 367 g/mol. The number of amides is 1. The van der Waals surface area contributed by atoms with Crippen LogP contribution in [0, 0.1) is 5.82 Å². The lowest BCUT2D eigenvalue weighted by Gasteiger charge is -2.09. The van der Waals surface area contributed by atoms with Gasteiger partial charge in [-0.1, -0.05) is 18.2 Å². The second kappa shape index (κ2) is 8.01. The highest BCUT2D eigenvalue weighted by Gasteiger charge is 2.13. The van der Waals surface area contributed by atoms with Crippen molar-refractivity contribution in [2.45, 2.75) is 4.90 Å². The van der Waals surface area contributed by atoms with Crippen molar-refractivity contribution < 1.29 is 17.6 Å². The first-order valence-electron chi connectivity index (χ1n) is 8.13. The zero-order valence-electron chi connectivity index (χ0n) is 14.2. The largest absolute Gasteiger partial charge is 0.371 e. The molecule has 0 unspecified atom stereocenters. The Hall–Kier alpha value is -3.19. The molecular formula is C20H17FN2O3S. The molecule has 3 rings (SSSR count). The number of hydrogen-bond donors (Lipinski definition) is 2. The Morgan fingerprint density at radius 1 is 0.815 bits per heavy atom. The van der Waals surface area contributed by atoms with E-state index < -0.39 is 9.84 Å². The maximum Gasteiger partial charge on any atom is 0.255 e. The lowest BCUT2D eigenvalue weighted by atomic mass is 10.2. The summed E-state index contributed by atoms with van der Waals surface area (Å²) in [4.78, 5) is 12.4. The molecule has 0 heterocycles. The molecule has 0 saturated carbocycles. The lowest BCUT2D eigenvalue weighted by molar-refractivity contribution is 0.102. The van der Waals surface area contributed by atoms with E-state index in [0.717, 1.165) is 0 Å². The van der Waals surface area contributed by atoms with Crippen molar-refractivity contribution in [3.05, 3.63) is 90.2 Å². The fraction of sp³-hybridized carbons (Fsp3) is 0.0500. The molecule has 2 N–H and O–H groups in total. The number of carbonyl (C=O) groups excluding carboxylic acids is 1. The second-order valence-corrected chi connectivity index (χ2v) is 7.78. The maximum atomic E-state index is 12.9. The summed E-state index contributed by atoms with van der Waals surface area (Å²) in [5.74, 6) is -0.975. The van der Waals surface area contributed by atoms with Crippen LogP contribution in [0.15, 0.2) is 83.8 Å². The summed E-state index contributed by atoms with van der Waals surface area (Å²) >= 11 is 0. The van der Waals surface area contributed by atoms with Gasteiger partial charge < -0.3 is 10.6 Å². The summed E-state index contributed by atoms with van der Waals surface area (Å²) in [5.41, 5.74) is 1.46. The molecule has 27 heavy (non-hydrogen) atoms. The standard InChI is InChI=1S/C20H17FN2O3S/c21-16-8-12-18(13-9-16)23-20(24)15-6-10-17(11-7-15)22-14-27(25,26)19-4-2-1-3-5-19/h1-13,22H,14H2,(H,23,24). The highest BCUT2D eigenvalue weighted by molar-refractivity contribution is 7.91. The molecule has 0 bridgehead atoms. The first-order chi connectivity index (χ1) is 12.9. The van der Waals surface area contributed by atoms with Gasteiger partial charge in [-0.15, -0.1) is 0 Å². The van der Waals surface area contributed by atoms with E-state index >= 15 is 0 Å². The number of rotatable bonds is 6. The van der Waals surface area contributed by atoms with Gasteiger partial charge in [0, 0.05) is 16.9 Å². The van der Waals surface area contributed by atoms with Crippen LogP contribution in [0.25, 0.3) is 0 Å². The molecule has 3 aromatic rings. The molecule has 7 heteroatoms. The molecule has 3 aromatic carbocycles. The van der Waals surface area contributed by atoms with Gasteiger partial charge >= 0.3 is 0 Å². The summed E-state index contributed by atoms with van der Waals surface area (Å²) in [5, 5.41) is 5.50. The van der Waals surface area contributed by atoms with E-state index in [9.17, 15) is 17.6 Å². The van der Waals surface area contributed by atoms with Crippen molar-refractivity contribution in [3.8, 4) is 0 Å². The van der Waals surface area contributed by atoms with E-state index in [2.05, 4.69) is 10.6 Å². The SMILES string of the molecule is O=C(Nc1ccc(F)cc1)c1ccc(NCS(=O)(=O)c2ccccc2)cc1. The Bertz CT molecular complexity index is 1020. The van der Waals surface area contributed by atoms with Crippen LogP contribution in [-0.4, -0.2) is 20.2 Å². The second-order valence-electron chi connectivity index (χ2n) is 5.79.